The molecule has 1 aromatic heterocycles. The number of carbonyl (C=O) groups is 1. The number of aromatic nitrogens is 2. The number of thioether (sulfide) groups is 1. The number of para-hydroxylation sites is 2. The second-order valence-corrected chi connectivity index (χ2v) is 6.43. The third-order valence-corrected chi connectivity index (χ3v) is 4.79. The van der Waals surface area contributed by atoms with E-state index in [1.165, 1.54) is 6.08 Å². The third kappa shape index (κ3) is 3.52. The first-order chi connectivity index (χ1) is 11.0. The molecule has 0 aliphatic carbocycles. The minimum atomic E-state index is -1.06. The molecule has 2 N–H and O–H groups in total. The van der Waals surface area contributed by atoms with Crippen molar-refractivity contribution in [2.24, 2.45) is 0 Å². The highest BCUT2D eigenvalue weighted by molar-refractivity contribution is 8.04. The highest BCUT2D eigenvalue weighted by Gasteiger charge is 2.14. The third-order valence-electron chi connectivity index (χ3n) is 3.05. The van der Waals surface area contributed by atoms with E-state index >= 15 is 0 Å². The average molecular weight is 365 g/mol. The van der Waals surface area contributed by atoms with Gasteiger partial charge in [-0.2, -0.15) is 0 Å². The molecule has 23 heavy (non-hydrogen) atoms. The summed E-state index contributed by atoms with van der Waals surface area (Å²) in [7, 11) is 0. The first-order valence-corrected chi connectivity index (χ1v) is 8.13. The predicted octanol–water partition coefficient (Wildman–Crippen LogP) is 5.09. The van der Waals surface area contributed by atoms with Gasteiger partial charge in [0.2, 0.25) is 0 Å². The topological polar surface area (TPSA) is 66.0 Å². The highest BCUT2D eigenvalue weighted by Crippen LogP contribution is 2.32. The van der Waals surface area contributed by atoms with E-state index in [1.807, 2.05) is 24.3 Å². The van der Waals surface area contributed by atoms with Crippen molar-refractivity contribution in [3.05, 3.63) is 63.0 Å². The number of carboxylic acids is 1. The number of hydrogen-bond donors (Lipinski definition) is 2. The van der Waals surface area contributed by atoms with E-state index in [0.717, 1.165) is 22.8 Å². The Labute approximate surface area is 146 Å². The van der Waals surface area contributed by atoms with Gasteiger partial charge >= 0.3 is 5.97 Å². The monoisotopic (exact) mass is 364 g/mol. The first kappa shape index (κ1) is 15.9. The van der Waals surface area contributed by atoms with Gasteiger partial charge < -0.3 is 10.1 Å². The molecule has 7 heteroatoms. The van der Waals surface area contributed by atoms with E-state index in [9.17, 15) is 9.90 Å². The molecule has 2 aromatic carbocycles. The van der Waals surface area contributed by atoms with Crippen molar-refractivity contribution >= 4 is 58.0 Å². The van der Waals surface area contributed by atoms with E-state index < -0.39 is 5.97 Å². The van der Waals surface area contributed by atoms with Crippen molar-refractivity contribution in [2.45, 2.75) is 5.16 Å². The summed E-state index contributed by atoms with van der Waals surface area (Å²) in [5, 5.41) is 10.6. The van der Waals surface area contributed by atoms with E-state index in [-0.39, 0.29) is 4.91 Å². The Hall–Kier alpha value is -1.95. The molecule has 0 aliphatic heterocycles. The Morgan fingerprint density at radius 3 is 2.70 bits per heavy atom. The standard InChI is InChI=1S/C16H10Cl2N2O2S/c17-10-5-3-4-9(14(10)18)8-13(15(21)22)23-16-19-11-6-1-2-7-12(11)20-16/h1-8H,(H,19,20)(H,21,22)/b13-8-. The van der Waals surface area contributed by atoms with Crippen LogP contribution in [-0.4, -0.2) is 21.0 Å². The fourth-order valence-corrected chi connectivity index (χ4v) is 3.14. The molecule has 0 saturated carbocycles. The lowest BCUT2D eigenvalue weighted by atomic mass is 10.2. The van der Waals surface area contributed by atoms with Gasteiger partial charge in [0.05, 0.1) is 21.1 Å². The predicted molar refractivity (Wildman–Crippen MR) is 94.0 cm³/mol. The van der Waals surface area contributed by atoms with Crippen LogP contribution >= 0.6 is 35.0 Å². The summed E-state index contributed by atoms with van der Waals surface area (Å²) in [6.45, 7) is 0. The lowest BCUT2D eigenvalue weighted by Crippen LogP contribution is -1.97. The summed E-state index contributed by atoms with van der Waals surface area (Å²) in [5.74, 6) is -1.06. The minimum Gasteiger partial charge on any atom is -0.477 e. The van der Waals surface area contributed by atoms with Gasteiger partial charge in [-0.1, -0.05) is 47.5 Å². The SMILES string of the molecule is O=C(O)/C(=C/c1cccc(Cl)c1Cl)Sc1nc2ccccc2[nH]1. The van der Waals surface area contributed by atoms with E-state index in [2.05, 4.69) is 9.97 Å². The van der Waals surface area contributed by atoms with E-state index in [4.69, 9.17) is 23.2 Å². The second kappa shape index (κ2) is 6.66. The molecule has 0 aliphatic rings. The molecule has 3 aromatic rings. The molecule has 3 rings (SSSR count). The lowest BCUT2D eigenvalue weighted by molar-refractivity contribution is -0.131. The van der Waals surface area contributed by atoms with Crippen molar-refractivity contribution in [3.63, 3.8) is 0 Å². The Morgan fingerprint density at radius 1 is 1.17 bits per heavy atom. The molecule has 0 spiro atoms. The summed E-state index contributed by atoms with van der Waals surface area (Å²) in [6.07, 6.45) is 1.48. The number of carboxylic acid groups (broad SMARTS) is 1. The summed E-state index contributed by atoms with van der Waals surface area (Å²) >= 11 is 13.1. The first-order valence-electron chi connectivity index (χ1n) is 6.56. The Bertz CT molecular complexity index is 888. The van der Waals surface area contributed by atoms with Gasteiger partial charge in [0, 0.05) is 0 Å². The Kier molecular flexibility index (Phi) is 4.61. The fourth-order valence-electron chi connectivity index (χ4n) is 1.99. The van der Waals surface area contributed by atoms with Gasteiger partial charge in [-0.25, -0.2) is 9.78 Å². The zero-order valence-corrected chi connectivity index (χ0v) is 13.9. The van der Waals surface area contributed by atoms with Gasteiger partial charge in [-0.05, 0) is 41.6 Å². The van der Waals surface area contributed by atoms with Crippen molar-refractivity contribution < 1.29 is 9.90 Å². The molecule has 1 heterocycles. The number of aliphatic carboxylic acids is 1. The molecular weight excluding hydrogens is 355 g/mol. The van der Waals surface area contributed by atoms with Crippen LogP contribution in [0.3, 0.4) is 0 Å². The highest BCUT2D eigenvalue weighted by atomic mass is 35.5. The Morgan fingerprint density at radius 2 is 1.96 bits per heavy atom. The van der Waals surface area contributed by atoms with Gasteiger partial charge in [0.25, 0.3) is 0 Å². The smallest absolute Gasteiger partial charge is 0.342 e. The van der Waals surface area contributed by atoms with Crippen LogP contribution in [0.25, 0.3) is 17.1 Å². The average Bonchev–Trinajstić information content (AvgIpc) is 2.93. The van der Waals surface area contributed by atoms with Gasteiger partial charge in [-0.3, -0.25) is 0 Å². The molecule has 0 bridgehead atoms. The molecule has 0 atom stereocenters. The van der Waals surface area contributed by atoms with Crippen LogP contribution in [0.5, 0.6) is 0 Å². The van der Waals surface area contributed by atoms with E-state index in [1.54, 1.807) is 18.2 Å². The second-order valence-electron chi connectivity index (χ2n) is 4.62. The van der Waals surface area contributed by atoms with Crippen molar-refractivity contribution in [1.82, 2.24) is 9.97 Å². The van der Waals surface area contributed by atoms with Gasteiger partial charge in [0.1, 0.15) is 4.91 Å². The largest absolute Gasteiger partial charge is 0.477 e. The maximum atomic E-state index is 11.5. The molecule has 4 nitrogen and oxygen atoms in total. The zero-order valence-electron chi connectivity index (χ0n) is 11.6. The lowest BCUT2D eigenvalue weighted by Gasteiger charge is -2.03. The summed E-state index contributed by atoms with van der Waals surface area (Å²) in [6, 6.07) is 12.6. The summed E-state index contributed by atoms with van der Waals surface area (Å²) in [4.78, 5) is 19.0. The van der Waals surface area contributed by atoms with Crippen LogP contribution in [-0.2, 0) is 4.79 Å². The number of rotatable bonds is 4. The number of H-pyrrole nitrogens is 1. The van der Waals surface area contributed by atoms with E-state index in [0.29, 0.717) is 20.8 Å². The Balaban J connectivity index is 1.97. The van der Waals surface area contributed by atoms with Crippen molar-refractivity contribution in [3.8, 4) is 0 Å². The fraction of sp³-hybridized carbons (Fsp3) is 0. The summed E-state index contributed by atoms with van der Waals surface area (Å²) in [5.41, 5.74) is 2.17. The van der Waals surface area contributed by atoms with Gasteiger partial charge in [-0.15, -0.1) is 0 Å². The zero-order chi connectivity index (χ0) is 16.4. The van der Waals surface area contributed by atoms with Crippen LogP contribution in [0.4, 0.5) is 0 Å². The summed E-state index contributed by atoms with van der Waals surface area (Å²) < 4.78 is 0. The van der Waals surface area contributed by atoms with Crippen LogP contribution in [0.15, 0.2) is 52.5 Å². The molecule has 0 saturated heterocycles. The maximum Gasteiger partial charge on any atom is 0.342 e. The molecule has 116 valence electrons. The molecular formula is C16H10Cl2N2O2S. The molecule has 0 unspecified atom stereocenters. The normalized spacial score (nSPS) is 11.8. The van der Waals surface area contributed by atoms with Crippen molar-refractivity contribution in [2.75, 3.05) is 0 Å². The number of hydrogen-bond acceptors (Lipinski definition) is 3. The van der Waals surface area contributed by atoms with Crippen molar-refractivity contribution in [1.29, 1.82) is 0 Å². The molecule has 0 amide bonds. The van der Waals surface area contributed by atoms with Crippen LogP contribution < -0.4 is 0 Å². The quantitative estimate of drug-likeness (QED) is 0.499. The van der Waals surface area contributed by atoms with Crippen LogP contribution in [0, 0.1) is 0 Å². The number of nitrogens with zero attached hydrogens (tertiary/aromatic N) is 1. The number of fused-ring (bicyclic) bond motifs is 1. The minimum absolute atomic E-state index is 0.0909. The number of imidazole rings is 1. The molecule has 0 radical (unpaired) electrons. The number of benzene rings is 2. The van der Waals surface area contributed by atoms with Crippen LogP contribution in [0.1, 0.15) is 5.56 Å². The molecule has 0 fully saturated rings. The maximum absolute atomic E-state index is 11.5. The number of aromatic amines is 1. The number of halogens is 2. The van der Waals surface area contributed by atoms with Crippen LogP contribution in [0.2, 0.25) is 10.0 Å². The van der Waals surface area contributed by atoms with Gasteiger partial charge in [0.15, 0.2) is 5.16 Å². The number of nitrogens with one attached hydrogen (secondary N) is 1.